The quantitative estimate of drug-likeness (QED) is 0.715. The molecule has 0 saturated carbocycles. The summed E-state index contributed by atoms with van der Waals surface area (Å²) in [5, 5.41) is 6.48. The third kappa shape index (κ3) is 4.03. The fourth-order valence-electron chi connectivity index (χ4n) is 3.36. The van der Waals surface area contributed by atoms with Crippen LogP contribution in [0.4, 0.5) is 4.79 Å². The molecule has 0 aliphatic carbocycles. The van der Waals surface area contributed by atoms with E-state index in [1.54, 1.807) is 13.8 Å². The number of urea groups is 1. The molecule has 2 aromatic rings. The van der Waals surface area contributed by atoms with Crippen LogP contribution in [-0.4, -0.2) is 34.8 Å². The molecule has 1 aliphatic heterocycles. The van der Waals surface area contributed by atoms with Gasteiger partial charge in [0.15, 0.2) is 0 Å². The smallest absolute Gasteiger partial charge is 0.325 e. The van der Waals surface area contributed by atoms with E-state index in [-0.39, 0.29) is 18.5 Å². The fourth-order valence-corrected chi connectivity index (χ4v) is 3.36. The lowest BCUT2D eigenvalue weighted by molar-refractivity contribution is -0.135. The van der Waals surface area contributed by atoms with E-state index in [9.17, 15) is 14.4 Å². The van der Waals surface area contributed by atoms with Gasteiger partial charge in [0.25, 0.3) is 5.91 Å². The van der Waals surface area contributed by atoms with Crippen molar-refractivity contribution < 1.29 is 18.8 Å². The maximum atomic E-state index is 12.7. The number of hydrogen-bond acceptors (Lipinski definition) is 4. The van der Waals surface area contributed by atoms with E-state index in [1.807, 2.05) is 30.3 Å². The zero-order valence-electron chi connectivity index (χ0n) is 16.7. The van der Waals surface area contributed by atoms with E-state index in [1.165, 1.54) is 0 Å². The number of nitrogens with zero attached hydrogens (tertiary/aromatic N) is 1. The number of amides is 4. The van der Waals surface area contributed by atoms with E-state index in [0.717, 1.165) is 22.3 Å². The highest BCUT2D eigenvalue weighted by atomic mass is 16.3. The first kappa shape index (κ1) is 19.9. The molecule has 3 rings (SSSR count). The van der Waals surface area contributed by atoms with Crippen LogP contribution in [0.25, 0.3) is 11.0 Å². The summed E-state index contributed by atoms with van der Waals surface area (Å²) in [5.74, 6) is 0.270. The summed E-state index contributed by atoms with van der Waals surface area (Å²) in [4.78, 5) is 38.4. The summed E-state index contributed by atoms with van der Waals surface area (Å²) in [7, 11) is 0. The number of benzene rings is 1. The first-order chi connectivity index (χ1) is 13.2. The largest absolute Gasteiger partial charge is 0.459 e. The third-order valence-corrected chi connectivity index (χ3v) is 5.12. The second-order valence-corrected chi connectivity index (χ2v) is 8.06. The van der Waals surface area contributed by atoms with Crippen LogP contribution in [0.5, 0.6) is 0 Å². The van der Waals surface area contributed by atoms with Crippen molar-refractivity contribution in [2.24, 2.45) is 5.92 Å². The van der Waals surface area contributed by atoms with Crippen molar-refractivity contribution in [1.29, 1.82) is 0 Å². The third-order valence-electron chi connectivity index (χ3n) is 5.12. The minimum atomic E-state index is -0.952. The van der Waals surface area contributed by atoms with Gasteiger partial charge in [-0.2, -0.15) is 0 Å². The van der Waals surface area contributed by atoms with Crippen LogP contribution >= 0.6 is 0 Å². The van der Waals surface area contributed by atoms with Crippen LogP contribution in [-0.2, 0) is 9.59 Å². The lowest BCUT2D eigenvalue weighted by Gasteiger charge is -2.22. The summed E-state index contributed by atoms with van der Waals surface area (Å²) >= 11 is 0. The van der Waals surface area contributed by atoms with Crippen molar-refractivity contribution in [2.45, 2.75) is 52.1 Å². The normalized spacial score (nSPS) is 20.7. The predicted molar refractivity (Wildman–Crippen MR) is 105 cm³/mol. The van der Waals surface area contributed by atoms with Gasteiger partial charge in [0.1, 0.15) is 23.4 Å². The van der Waals surface area contributed by atoms with E-state index >= 15 is 0 Å². The molecular weight excluding hydrogens is 358 g/mol. The molecule has 7 nitrogen and oxygen atoms in total. The minimum Gasteiger partial charge on any atom is -0.459 e. The lowest BCUT2D eigenvalue weighted by Crippen LogP contribution is -2.45. The number of para-hydroxylation sites is 1. The summed E-state index contributed by atoms with van der Waals surface area (Å²) in [6.07, 6.45) is 1.36. The van der Waals surface area contributed by atoms with Crippen molar-refractivity contribution >= 4 is 28.8 Å². The molecule has 4 amide bonds. The molecule has 2 atom stereocenters. The van der Waals surface area contributed by atoms with Crippen LogP contribution in [0.2, 0.25) is 0 Å². The fraction of sp³-hybridized carbons (Fsp3) is 0.476. The first-order valence-corrected chi connectivity index (χ1v) is 9.61. The summed E-state index contributed by atoms with van der Waals surface area (Å²) in [5.41, 5.74) is -0.208. The van der Waals surface area contributed by atoms with Gasteiger partial charge < -0.3 is 15.1 Å². The average molecular weight is 385 g/mol. The van der Waals surface area contributed by atoms with Crippen LogP contribution in [0.1, 0.15) is 52.3 Å². The molecule has 2 heterocycles. The molecule has 1 aromatic heterocycles. The van der Waals surface area contributed by atoms with Gasteiger partial charge in [0.2, 0.25) is 5.91 Å². The number of carbonyl (C=O) groups excluding carboxylic acids is 3. The summed E-state index contributed by atoms with van der Waals surface area (Å²) < 4.78 is 5.76. The molecule has 2 N–H and O–H groups in total. The highest BCUT2D eigenvalue weighted by molar-refractivity contribution is 6.08. The zero-order valence-corrected chi connectivity index (χ0v) is 16.7. The summed E-state index contributed by atoms with van der Waals surface area (Å²) in [6.45, 7) is 7.33. The van der Waals surface area contributed by atoms with Crippen LogP contribution in [0.3, 0.4) is 0 Å². The van der Waals surface area contributed by atoms with Gasteiger partial charge in [-0.3, -0.25) is 14.5 Å². The highest BCUT2D eigenvalue weighted by Gasteiger charge is 2.47. The number of nitrogens with one attached hydrogen (secondary N) is 2. The Hall–Kier alpha value is -2.83. The molecule has 0 spiro atoms. The van der Waals surface area contributed by atoms with Crippen molar-refractivity contribution in [3.05, 3.63) is 36.1 Å². The number of imide groups is 1. The van der Waals surface area contributed by atoms with Gasteiger partial charge in [-0.25, -0.2) is 4.79 Å². The SMILES string of the molecule is CC(C)CCC1(C)NC(=O)N(CC(=O)NC(C)c2cc3ccccc3o2)C1=O. The highest BCUT2D eigenvalue weighted by Crippen LogP contribution is 2.25. The zero-order chi connectivity index (χ0) is 20.5. The molecule has 1 fully saturated rings. The Labute approximate surface area is 164 Å². The Morgan fingerprint density at radius 3 is 2.64 bits per heavy atom. The standard InChI is InChI=1S/C21H27N3O4/c1-13(2)9-10-21(4)19(26)24(20(27)23-21)12-18(25)22-14(3)17-11-15-7-5-6-8-16(15)28-17/h5-8,11,13-14H,9-10,12H2,1-4H3,(H,22,25)(H,23,27). The van der Waals surface area contributed by atoms with Crippen LogP contribution in [0.15, 0.2) is 34.7 Å². The molecule has 0 bridgehead atoms. The van der Waals surface area contributed by atoms with Crippen LogP contribution < -0.4 is 10.6 Å². The molecule has 150 valence electrons. The van der Waals surface area contributed by atoms with Crippen molar-refractivity contribution in [3.63, 3.8) is 0 Å². The molecule has 28 heavy (non-hydrogen) atoms. The predicted octanol–water partition coefficient (Wildman–Crippen LogP) is 3.36. The monoisotopic (exact) mass is 385 g/mol. The van der Waals surface area contributed by atoms with Gasteiger partial charge in [-0.05, 0) is 44.7 Å². The maximum absolute atomic E-state index is 12.7. The van der Waals surface area contributed by atoms with Gasteiger partial charge in [-0.1, -0.05) is 32.0 Å². The van der Waals surface area contributed by atoms with Crippen molar-refractivity contribution in [1.82, 2.24) is 15.5 Å². The van der Waals surface area contributed by atoms with Gasteiger partial charge in [-0.15, -0.1) is 0 Å². The Balaban J connectivity index is 1.62. The summed E-state index contributed by atoms with van der Waals surface area (Å²) in [6, 6.07) is 8.55. The Morgan fingerprint density at radius 2 is 1.96 bits per heavy atom. The van der Waals surface area contributed by atoms with Crippen LogP contribution in [0, 0.1) is 5.92 Å². The Morgan fingerprint density at radius 1 is 1.25 bits per heavy atom. The van der Waals surface area contributed by atoms with Crippen molar-refractivity contribution in [2.75, 3.05) is 6.54 Å². The number of rotatable bonds is 7. The molecule has 0 radical (unpaired) electrons. The van der Waals surface area contributed by atoms with E-state index < -0.39 is 17.5 Å². The number of carbonyl (C=O) groups is 3. The van der Waals surface area contributed by atoms with E-state index in [4.69, 9.17) is 4.42 Å². The number of hydrogen-bond donors (Lipinski definition) is 2. The topological polar surface area (TPSA) is 91.7 Å². The molecular formula is C21H27N3O4. The number of fused-ring (bicyclic) bond motifs is 1. The van der Waals surface area contributed by atoms with Gasteiger partial charge in [0.05, 0.1) is 6.04 Å². The minimum absolute atomic E-state index is 0.313. The Bertz CT molecular complexity index is 871. The second kappa shape index (κ2) is 7.66. The molecule has 1 aromatic carbocycles. The second-order valence-electron chi connectivity index (χ2n) is 8.06. The first-order valence-electron chi connectivity index (χ1n) is 9.61. The van der Waals surface area contributed by atoms with E-state index in [0.29, 0.717) is 18.1 Å². The maximum Gasteiger partial charge on any atom is 0.325 e. The van der Waals surface area contributed by atoms with Gasteiger partial charge >= 0.3 is 6.03 Å². The molecule has 1 aliphatic rings. The number of furan rings is 1. The Kier molecular flexibility index (Phi) is 5.45. The van der Waals surface area contributed by atoms with E-state index in [2.05, 4.69) is 24.5 Å². The van der Waals surface area contributed by atoms with Crippen molar-refractivity contribution in [3.8, 4) is 0 Å². The lowest BCUT2D eigenvalue weighted by atomic mass is 9.92. The molecule has 1 saturated heterocycles. The van der Waals surface area contributed by atoms with Gasteiger partial charge in [0, 0.05) is 5.39 Å². The molecule has 2 unspecified atom stereocenters. The molecule has 7 heteroatoms. The average Bonchev–Trinajstić information content (AvgIpc) is 3.15.